The minimum absolute atomic E-state index is 0.0249. The van der Waals surface area contributed by atoms with Crippen LogP contribution in [0.3, 0.4) is 0 Å². The smallest absolute Gasteiger partial charge is 0.335 e. The topological polar surface area (TPSA) is 94.9 Å². The Balaban J connectivity index is 2.45. The van der Waals surface area contributed by atoms with Crippen LogP contribution in [0, 0.1) is 0 Å². The van der Waals surface area contributed by atoms with Crippen LogP contribution in [0.25, 0.3) is 0 Å². The molecule has 0 radical (unpaired) electrons. The molecule has 6 nitrogen and oxygen atoms in total. The highest BCUT2D eigenvalue weighted by Gasteiger charge is 2.31. The van der Waals surface area contributed by atoms with Crippen LogP contribution in [0.15, 0.2) is 29.8 Å². The lowest BCUT2D eigenvalue weighted by atomic mass is 10.1. The van der Waals surface area contributed by atoms with Crippen molar-refractivity contribution >= 4 is 23.5 Å². The molecule has 0 saturated carbocycles. The van der Waals surface area contributed by atoms with E-state index >= 15 is 0 Å². The molecular formula is C12H9NO5. The number of nitrogens with zero attached hydrogens (tertiary/aromatic N) is 1. The molecule has 1 aliphatic heterocycles. The summed E-state index contributed by atoms with van der Waals surface area (Å²) in [6, 6.07) is 3.43. The van der Waals surface area contributed by atoms with Crippen molar-refractivity contribution < 1.29 is 24.6 Å². The van der Waals surface area contributed by atoms with Gasteiger partial charge in [0.2, 0.25) is 0 Å². The van der Waals surface area contributed by atoms with Gasteiger partial charge >= 0.3 is 5.97 Å². The Bertz CT molecular complexity index is 602. The van der Waals surface area contributed by atoms with Crippen LogP contribution < -0.4 is 4.90 Å². The van der Waals surface area contributed by atoms with Crippen LogP contribution in [0.5, 0.6) is 5.75 Å². The number of hydrogen-bond donors (Lipinski definition) is 2. The second-order valence-electron chi connectivity index (χ2n) is 3.81. The summed E-state index contributed by atoms with van der Waals surface area (Å²) in [5, 5.41) is 18.4. The van der Waals surface area contributed by atoms with E-state index in [1.165, 1.54) is 19.1 Å². The summed E-state index contributed by atoms with van der Waals surface area (Å²) in [7, 11) is 0. The molecule has 92 valence electrons. The summed E-state index contributed by atoms with van der Waals surface area (Å²) in [6.07, 6.45) is 1.16. The zero-order chi connectivity index (χ0) is 13.4. The van der Waals surface area contributed by atoms with Crippen LogP contribution in [0.4, 0.5) is 5.69 Å². The molecule has 1 aliphatic rings. The maximum atomic E-state index is 11.7. The molecule has 1 heterocycles. The Kier molecular flexibility index (Phi) is 2.63. The number of aromatic carboxylic acids is 1. The van der Waals surface area contributed by atoms with E-state index in [0.29, 0.717) is 0 Å². The fourth-order valence-corrected chi connectivity index (χ4v) is 1.66. The molecule has 1 aromatic rings. The first-order valence-corrected chi connectivity index (χ1v) is 5.05. The van der Waals surface area contributed by atoms with E-state index in [2.05, 4.69) is 0 Å². The standard InChI is InChI=1S/C12H9NO5/c1-6-4-10(15)13(11(6)16)8-3-2-7(12(17)18)5-9(8)14/h2-5,14H,1H3,(H,17,18). The molecular weight excluding hydrogens is 238 g/mol. The van der Waals surface area contributed by atoms with Gasteiger partial charge in [-0.25, -0.2) is 9.69 Å². The van der Waals surface area contributed by atoms with E-state index < -0.39 is 23.5 Å². The second kappa shape index (κ2) is 3.99. The van der Waals surface area contributed by atoms with Crippen molar-refractivity contribution in [3.63, 3.8) is 0 Å². The third-order valence-electron chi connectivity index (χ3n) is 2.56. The fourth-order valence-electron chi connectivity index (χ4n) is 1.66. The lowest BCUT2D eigenvalue weighted by Crippen LogP contribution is -2.30. The molecule has 18 heavy (non-hydrogen) atoms. The van der Waals surface area contributed by atoms with Crippen molar-refractivity contribution in [1.82, 2.24) is 0 Å². The summed E-state index contributed by atoms with van der Waals surface area (Å²) >= 11 is 0. The number of carbonyl (C=O) groups is 3. The fraction of sp³-hybridized carbons (Fsp3) is 0.0833. The van der Waals surface area contributed by atoms with Gasteiger partial charge in [-0.15, -0.1) is 0 Å². The maximum Gasteiger partial charge on any atom is 0.335 e. The van der Waals surface area contributed by atoms with Crippen LogP contribution in [-0.4, -0.2) is 28.0 Å². The monoisotopic (exact) mass is 247 g/mol. The van der Waals surface area contributed by atoms with Crippen LogP contribution in [-0.2, 0) is 9.59 Å². The molecule has 0 aliphatic carbocycles. The number of rotatable bonds is 2. The molecule has 0 bridgehead atoms. The van der Waals surface area contributed by atoms with Gasteiger partial charge in [0.1, 0.15) is 5.75 Å². The van der Waals surface area contributed by atoms with Crippen molar-refractivity contribution in [3.8, 4) is 5.75 Å². The van der Waals surface area contributed by atoms with E-state index in [0.717, 1.165) is 17.0 Å². The van der Waals surface area contributed by atoms with Gasteiger partial charge in [-0.05, 0) is 25.1 Å². The minimum Gasteiger partial charge on any atom is -0.506 e. The Hall–Kier alpha value is -2.63. The summed E-state index contributed by atoms with van der Waals surface area (Å²) in [6.45, 7) is 1.49. The first-order valence-electron chi connectivity index (χ1n) is 5.05. The molecule has 6 heteroatoms. The Morgan fingerprint density at radius 2 is 1.94 bits per heavy atom. The zero-order valence-electron chi connectivity index (χ0n) is 9.38. The summed E-state index contributed by atoms with van der Waals surface area (Å²) in [5.74, 6) is -2.72. The van der Waals surface area contributed by atoms with Gasteiger partial charge in [-0.1, -0.05) is 0 Å². The number of carbonyl (C=O) groups excluding carboxylic acids is 2. The number of carboxylic acid groups (broad SMARTS) is 1. The van der Waals surface area contributed by atoms with E-state index in [9.17, 15) is 19.5 Å². The van der Waals surface area contributed by atoms with E-state index in [-0.39, 0.29) is 16.8 Å². The Labute approximate surface area is 102 Å². The Morgan fingerprint density at radius 1 is 1.28 bits per heavy atom. The van der Waals surface area contributed by atoms with Gasteiger partial charge in [0.25, 0.3) is 11.8 Å². The predicted molar refractivity (Wildman–Crippen MR) is 61.3 cm³/mol. The molecule has 0 saturated heterocycles. The van der Waals surface area contributed by atoms with Crippen LogP contribution in [0.2, 0.25) is 0 Å². The maximum absolute atomic E-state index is 11.7. The number of carboxylic acids is 1. The van der Waals surface area contributed by atoms with Gasteiger partial charge in [-0.3, -0.25) is 9.59 Å². The number of aromatic hydroxyl groups is 1. The third kappa shape index (κ3) is 1.73. The number of amides is 2. The molecule has 0 unspecified atom stereocenters. The Morgan fingerprint density at radius 3 is 2.39 bits per heavy atom. The lowest BCUT2D eigenvalue weighted by Gasteiger charge is -2.16. The normalized spacial score (nSPS) is 14.9. The summed E-state index contributed by atoms with van der Waals surface area (Å²) in [4.78, 5) is 34.8. The molecule has 1 aromatic carbocycles. The average molecular weight is 247 g/mol. The highest BCUT2D eigenvalue weighted by atomic mass is 16.4. The SMILES string of the molecule is CC1=CC(=O)N(c2ccc(C(=O)O)cc2O)C1=O. The van der Waals surface area contributed by atoms with Crippen molar-refractivity contribution in [3.05, 3.63) is 35.4 Å². The average Bonchev–Trinajstić information content (AvgIpc) is 2.54. The highest BCUT2D eigenvalue weighted by molar-refractivity contribution is 6.30. The molecule has 0 aromatic heterocycles. The van der Waals surface area contributed by atoms with Gasteiger partial charge in [0.15, 0.2) is 0 Å². The zero-order valence-corrected chi connectivity index (χ0v) is 9.38. The predicted octanol–water partition coefficient (Wildman–Crippen LogP) is 0.910. The molecule has 0 fully saturated rings. The van der Waals surface area contributed by atoms with Gasteiger partial charge < -0.3 is 10.2 Å². The van der Waals surface area contributed by atoms with Crippen LogP contribution >= 0.6 is 0 Å². The molecule has 2 amide bonds. The van der Waals surface area contributed by atoms with E-state index in [1.54, 1.807) is 0 Å². The number of phenols is 1. The van der Waals surface area contributed by atoms with Gasteiger partial charge in [0.05, 0.1) is 11.3 Å². The summed E-state index contributed by atoms with van der Waals surface area (Å²) in [5.41, 5.74) is 0.116. The number of imide groups is 1. The third-order valence-corrected chi connectivity index (χ3v) is 2.56. The van der Waals surface area contributed by atoms with Crippen molar-refractivity contribution in [2.75, 3.05) is 4.90 Å². The largest absolute Gasteiger partial charge is 0.506 e. The molecule has 0 spiro atoms. The second-order valence-corrected chi connectivity index (χ2v) is 3.81. The van der Waals surface area contributed by atoms with Gasteiger partial charge in [0, 0.05) is 11.6 Å². The lowest BCUT2D eigenvalue weighted by molar-refractivity contribution is -0.120. The quantitative estimate of drug-likeness (QED) is 0.757. The first kappa shape index (κ1) is 11.8. The van der Waals surface area contributed by atoms with Gasteiger partial charge in [-0.2, -0.15) is 0 Å². The molecule has 0 atom stereocenters. The van der Waals surface area contributed by atoms with Crippen molar-refractivity contribution in [1.29, 1.82) is 0 Å². The van der Waals surface area contributed by atoms with Crippen LogP contribution in [0.1, 0.15) is 17.3 Å². The van der Waals surface area contributed by atoms with E-state index in [4.69, 9.17) is 5.11 Å². The van der Waals surface area contributed by atoms with Crippen molar-refractivity contribution in [2.45, 2.75) is 6.92 Å². The first-order chi connectivity index (χ1) is 8.41. The number of benzene rings is 1. The number of hydrogen-bond acceptors (Lipinski definition) is 4. The highest BCUT2D eigenvalue weighted by Crippen LogP contribution is 2.31. The van der Waals surface area contributed by atoms with E-state index in [1.807, 2.05) is 0 Å². The number of anilines is 1. The summed E-state index contributed by atoms with van der Waals surface area (Å²) < 4.78 is 0. The minimum atomic E-state index is -1.20. The molecule has 2 N–H and O–H groups in total. The van der Waals surface area contributed by atoms with Crippen molar-refractivity contribution in [2.24, 2.45) is 0 Å². The number of phenolic OH excluding ortho intramolecular Hbond substituents is 1. The molecule has 2 rings (SSSR count).